The van der Waals surface area contributed by atoms with Gasteiger partial charge in [-0.15, -0.1) is 0 Å². The van der Waals surface area contributed by atoms with Crippen molar-refractivity contribution in [1.29, 1.82) is 0 Å². The molecule has 7 heteroatoms. The van der Waals surface area contributed by atoms with Gasteiger partial charge in [-0.3, -0.25) is 14.5 Å². The molecule has 2 fully saturated rings. The standard InChI is InChI=1S/C21H30FN3O3/c22-19-6-3-17(4-7-19)2-1-9-23-21(27)18-5-8-20(26)25(16-18)11-10-24-12-14-28-15-13-24/h3-4,6-7,18H,1-2,5,8-16H2,(H,23,27)/t18-/m1/s1. The van der Waals surface area contributed by atoms with Crippen molar-refractivity contribution in [2.24, 2.45) is 5.92 Å². The summed E-state index contributed by atoms with van der Waals surface area (Å²) in [6, 6.07) is 6.46. The van der Waals surface area contributed by atoms with Crippen LogP contribution in [0.5, 0.6) is 0 Å². The Morgan fingerprint density at radius 3 is 2.68 bits per heavy atom. The first kappa shape index (κ1) is 20.7. The fourth-order valence-corrected chi connectivity index (χ4v) is 3.73. The zero-order valence-corrected chi connectivity index (χ0v) is 16.4. The van der Waals surface area contributed by atoms with E-state index in [9.17, 15) is 14.0 Å². The highest BCUT2D eigenvalue weighted by Gasteiger charge is 2.30. The molecule has 2 heterocycles. The van der Waals surface area contributed by atoms with Crippen molar-refractivity contribution in [2.75, 3.05) is 52.5 Å². The minimum atomic E-state index is -0.234. The number of hydrogen-bond donors (Lipinski definition) is 1. The maximum atomic E-state index is 12.9. The second kappa shape index (κ2) is 10.5. The van der Waals surface area contributed by atoms with Crippen LogP contribution in [0.2, 0.25) is 0 Å². The van der Waals surface area contributed by atoms with Crippen molar-refractivity contribution in [3.8, 4) is 0 Å². The summed E-state index contributed by atoms with van der Waals surface area (Å²) in [5.41, 5.74) is 1.06. The average Bonchev–Trinajstić information content (AvgIpc) is 2.72. The molecule has 1 N–H and O–H groups in total. The van der Waals surface area contributed by atoms with Gasteiger partial charge in [0, 0.05) is 45.7 Å². The fraction of sp³-hybridized carbons (Fsp3) is 0.619. The van der Waals surface area contributed by atoms with Crippen molar-refractivity contribution in [3.63, 3.8) is 0 Å². The summed E-state index contributed by atoms with van der Waals surface area (Å²) in [4.78, 5) is 28.8. The van der Waals surface area contributed by atoms with Gasteiger partial charge >= 0.3 is 0 Å². The molecule has 2 aliphatic heterocycles. The van der Waals surface area contributed by atoms with E-state index in [0.717, 1.165) is 51.3 Å². The highest BCUT2D eigenvalue weighted by Crippen LogP contribution is 2.18. The Morgan fingerprint density at radius 1 is 1.18 bits per heavy atom. The van der Waals surface area contributed by atoms with Crippen LogP contribution in [0, 0.1) is 11.7 Å². The van der Waals surface area contributed by atoms with Crippen LogP contribution >= 0.6 is 0 Å². The van der Waals surface area contributed by atoms with E-state index in [1.165, 1.54) is 12.1 Å². The first-order chi connectivity index (χ1) is 13.6. The Labute approximate surface area is 166 Å². The van der Waals surface area contributed by atoms with Gasteiger partial charge in [0.1, 0.15) is 5.82 Å². The van der Waals surface area contributed by atoms with E-state index >= 15 is 0 Å². The third-order valence-electron chi connectivity index (χ3n) is 5.52. The molecule has 154 valence electrons. The second-order valence-electron chi connectivity index (χ2n) is 7.55. The van der Waals surface area contributed by atoms with Crippen molar-refractivity contribution < 1.29 is 18.7 Å². The topological polar surface area (TPSA) is 61.9 Å². The summed E-state index contributed by atoms with van der Waals surface area (Å²) < 4.78 is 18.3. The number of nitrogens with one attached hydrogen (secondary N) is 1. The number of amides is 2. The number of halogens is 1. The van der Waals surface area contributed by atoms with Crippen molar-refractivity contribution >= 4 is 11.8 Å². The molecular weight excluding hydrogens is 361 g/mol. The predicted molar refractivity (Wildman–Crippen MR) is 104 cm³/mol. The Balaban J connectivity index is 1.36. The third kappa shape index (κ3) is 6.27. The Kier molecular flexibility index (Phi) is 7.80. The van der Waals surface area contributed by atoms with Gasteiger partial charge in [0.05, 0.1) is 19.1 Å². The molecule has 0 aliphatic carbocycles. The molecule has 0 radical (unpaired) electrons. The van der Waals surface area contributed by atoms with Crippen LogP contribution in [0.25, 0.3) is 0 Å². The van der Waals surface area contributed by atoms with Gasteiger partial charge < -0.3 is 15.0 Å². The SMILES string of the molecule is O=C(NCCCc1ccc(F)cc1)[C@@H]1CCC(=O)N(CCN2CCOCC2)C1. The molecule has 0 bridgehead atoms. The minimum Gasteiger partial charge on any atom is -0.379 e. The minimum absolute atomic E-state index is 0.0305. The van der Waals surface area contributed by atoms with Gasteiger partial charge in [0.15, 0.2) is 0 Å². The molecule has 0 unspecified atom stereocenters. The number of carbonyl (C=O) groups excluding carboxylic acids is 2. The Bertz CT molecular complexity index is 647. The largest absolute Gasteiger partial charge is 0.379 e. The number of ether oxygens (including phenoxy) is 1. The second-order valence-corrected chi connectivity index (χ2v) is 7.55. The number of benzene rings is 1. The smallest absolute Gasteiger partial charge is 0.224 e. The highest BCUT2D eigenvalue weighted by atomic mass is 19.1. The van der Waals surface area contributed by atoms with Crippen LogP contribution in [0.15, 0.2) is 24.3 Å². The summed E-state index contributed by atoms with van der Waals surface area (Å²) in [6.45, 7) is 5.91. The zero-order chi connectivity index (χ0) is 19.8. The molecular formula is C21H30FN3O3. The molecule has 0 saturated carbocycles. The predicted octanol–water partition coefficient (Wildman–Crippen LogP) is 1.45. The van der Waals surface area contributed by atoms with Crippen LogP contribution in [0.4, 0.5) is 4.39 Å². The summed E-state index contributed by atoms with van der Waals surface area (Å²) in [6.07, 6.45) is 2.67. The monoisotopic (exact) mass is 391 g/mol. The lowest BCUT2D eigenvalue weighted by Crippen LogP contribution is -2.49. The van der Waals surface area contributed by atoms with Crippen molar-refractivity contribution in [3.05, 3.63) is 35.6 Å². The first-order valence-corrected chi connectivity index (χ1v) is 10.2. The maximum Gasteiger partial charge on any atom is 0.224 e. The molecule has 6 nitrogen and oxygen atoms in total. The molecule has 2 amide bonds. The third-order valence-corrected chi connectivity index (χ3v) is 5.52. The molecule has 1 aromatic carbocycles. The number of morpholine rings is 1. The number of hydrogen-bond acceptors (Lipinski definition) is 4. The van der Waals surface area contributed by atoms with Crippen molar-refractivity contribution in [2.45, 2.75) is 25.7 Å². The zero-order valence-electron chi connectivity index (χ0n) is 16.4. The number of likely N-dealkylation sites (tertiary alicyclic amines) is 1. The summed E-state index contributed by atoms with van der Waals surface area (Å²) in [5, 5.41) is 3.00. The molecule has 2 saturated heterocycles. The molecule has 3 rings (SSSR count). The van der Waals surface area contributed by atoms with Gasteiger partial charge in [-0.05, 0) is 37.0 Å². The molecule has 0 aromatic heterocycles. The summed E-state index contributed by atoms with van der Waals surface area (Å²) >= 11 is 0. The summed E-state index contributed by atoms with van der Waals surface area (Å²) in [5.74, 6) is -0.188. The van der Waals surface area contributed by atoms with E-state index in [-0.39, 0.29) is 23.5 Å². The Morgan fingerprint density at radius 2 is 1.93 bits per heavy atom. The van der Waals surface area contributed by atoms with Gasteiger partial charge in [0.2, 0.25) is 11.8 Å². The fourth-order valence-electron chi connectivity index (χ4n) is 3.73. The van der Waals surface area contributed by atoms with E-state index in [1.54, 1.807) is 12.1 Å². The van der Waals surface area contributed by atoms with Crippen LogP contribution in [0.1, 0.15) is 24.8 Å². The molecule has 2 aliphatic rings. The van der Waals surface area contributed by atoms with Gasteiger partial charge in [0.25, 0.3) is 0 Å². The number of carbonyl (C=O) groups is 2. The van der Waals surface area contributed by atoms with E-state index in [1.807, 2.05) is 4.90 Å². The van der Waals surface area contributed by atoms with Crippen molar-refractivity contribution in [1.82, 2.24) is 15.1 Å². The van der Waals surface area contributed by atoms with Crippen LogP contribution in [-0.2, 0) is 20.7 Å². The maximum absolute atomic E-state index is 12.9. The van der Waals surface area contributed by atoms with Gasteiger partial charge in [-0.2, -0.15) is 0 Å². The number of nitrogens with zero attached hydrogens (tertiary/aromatic N) is 2. The molecule has 1 aromatic rings. The molecule has 1 atom stereocenters. The Hall–Kier alpha value is -1.99. The number of aryl methyl sites for hydroxylation is 1. The first-order valence-electron chi connectivity index (χ1n) is 10.2. The van der Waals surface area contributed by atoms with Gasteiger partial charge in [-0.25, -0.2) is 4.39 Å². The van der Waals surface area contributed by atoms with Crippen LogP contribution in [0.3, 0.4) is 0 Å². The van der Waals surface area contributed by atoms with E-state index in [2.05, 4.69) is 10.2 Å². The number of piperidine rings is 1. The normalized spacial score (nSPS) is 21.0. The van der Waals surface area contributed by atoms with E-state index in [0.29, 0.717) is 32.5 Å². The van der Waals surface area contributed by atoms with Crippen LogP contribution in [-0.4, -0.2) is 74.1 Å². The summed E-state index contributed by atoms with van der Waals surface area (Å²) in [7, 11) is 0. The number of rotatable bonds is 8. The quantitative estimate of drug-likeness (QED) is 0.682. The lowest BCUT2D eigenvalue weighted by atomic mass is 9.96. The average molecular weight is 391 g/mol. The van der Waals surface area contributed by atoms with Crippen LogP contribution < -0.4 is 5.32 Å². The highest BCUT2D eigenvalue weighted by molar-refractivity contribution is 5.83. The molecule has 0 spiro atoms. The van der Waals surface area contributed by atoms with E-state index < -0.39 is 0 Å². The lowest BCUT2D eigenvalue weighted by Gasteiger charge is -2.34. The lowest BCUT2D eigenvalue weighted by molar-refractivity contribution is -0.138. The van der Waals surface area contributed by atoms with E-state index in [4.69, 9.17) is 4.74 Å². The molecule has 28 heavy (non-hydrogen) atoms. The van der Waals surface area contributed by atoms with Gasteiger partial charge in [-0.1, -0.05) is 12.1 Å².